The molecule has 0 atom stereocenters. The number of unbranched alkanes of at least 4 members (excludes halogenated alkanes) is 2. The third-order valence-corrected chi connectivity index (χ3v) is 4.23. The van der Waals surface area contributed by atoms with Gasteiger partial charge in [0, 0.05) is 18.7 Å². The van der Waals surface area contributed by atoms with Crippen molar-refractivity contribution in [3.8, 4) is 0 Å². The maximum atomic E-state index is 12.7. The van der Waals surface area contributed by atoms with Gasteiger partial charge in [-0.1, -0.05) is 31.1 Å². The highest BCUT2D eigenvalue weighted by atomic mass is 32.1. The van der Waals surface area contributed by atoms with Gasteiger partial charge in [-0.05, 0) is 12.5 Å². The molecule has 0 saturated carbocycles. The van der Waals surface area contributed by atoms with Crippen molar-refractivity contribution in [3.05, 3.63) is 39.3 Å². The highest BCUT2D eigenvalue weighted by Crippen LogP contribution is 2.28. The minimum absolute atomic E-state index is 0.261. The molecule has 2 aromatic heterocycles. The van der Waals surface area contributed by atoms with Crippen LogP contribution in [0.3, 0.4) is 0 Å². The van der Waals surface area contributed by atoms with Crippen molar-refractivity contribution >= 4 is 22.4 Å². The summed E-state index contributed by atoms with van der Waals surface area (Å²) >= 11 is 1.21. The largest absolute Gasteiger partial charge is 0.417 e. The molecule has 2 rings (SSSR count). The first-order valence-electron chi connectivity index (χ1n) is 7.69. The molecule has 25 heavy (non-hydrogen) atoms. The molecule has 0 aliphatic rings. The molecule has 0 spiro atoms. The van der Waals surface area contributed by atoms with E-state index < -0.39 is 29.8 Å². The summed E-state index contributed by atoms with van der Waals surface area (Å²) in [6.07, 6.45) is -0.0855. The second kappa shape index (κ2) is 8.24. The summed E-state index contributed by atoms with van der Waals surface area (Å²) in [5, 5.41) is 11.3. The Morgan fingerprint density at radius 2 is 2.04 bits per heavy atom. The van der Waals surface area contributed by atoms with Gasteiger partial charge >= 0.3 is 6.18 Å². The number of hydrogen-bond acceptors (Lipinski definition) is 5. The van der Waals surface area contributed by atoms with E-state index in [1.54, 1.807) is 0 Å². The van der Waals surface area contributed by atoms with Crippen LogP contribution in [0, 0.1) is 0 Å². The Labute approximate surface area is 145 Å². The number of hydrogen-bond donors (Lipinski definition) is 1. The molecule has 1 amide bonds. The second-order valence-electron chi connectivity index (χ2n) is 5.39. The summed E-state index contributed by atoms with van der Waals surface area (Å²) in [7, 11) is 0. The zero-order valence-corrected chi connectivity index (χ0v) is 14.3. The maximum Gasteiger partial charge on any atom is 0.417 e. The van der Waals surface area contributed by atoms with Gasteiger partial charge in [0.2, 0.25) is 11.0 Å². The molecule has 2 heterocycles. The van der Waals surface area contributed by atoms with Crippen LogP contribution in [0.1, 0.15) is 36.8 Å². The number of pyridine rings is 1. The molecule has 0 saturated heterocycles. The molecule has 6 nitrogen and oxygen atoms in total. The lowest BCUT2D eigenvalue weighted by Gasteiger charge is -2.10. The van der Waals surface area contributed by atoms with Crippen molar-refractivity contribution in [2.45, 2.75) is 45.3 Å². The van der Waals surface area contributed by atoms with E-state index in [4.69, 9.17) is 0 Å². The third kappa shape index (κ3) is 5.66. The Morgan fingerprint density at radius 3 is 2.72 bits per heavy atom. The molecule has 0 fully saturated rings. The van der Waals surface area contributed by atoms with E-state index >= 15 is 0 Å². The molecule has 0 aliphatic carbocycles. The normalized spacial score (nSPS) is 11.5. The molecule has 1 N–H and O–H groups in total. The van der Waals surface area contributed by atoms with Crippen LogP contribution in [0.4, 0.5) is 18.3 Å². The van der Waals surface area contributed by atoms with E-state index in [0.717, 1.165) is 36.8 Å². The zero-order chi connectivity index (χ0) is 18.4. The van der Waals surface area contributed by atoms with Crippen molar-refractivity contribution in [2.24, 2.45) is 0 Å². The number of aryl methyl sites for hydroxylation is 1. The van der Waals surface area contributed by atoms with Crippen LogP contribution in [0.2, 0.25) is 0 Å². The average molecular weight is 374 g/mol. The van der Waals surface area contributed by atoms with E-state index in [1.165, 1.54) is 11.3 Å². The van der Waals surface area contributed by atoms with Crippen LogP contribution in [0.25, 0.3) is 0 Å². The van der Waals surface area contributed by atoms with Crippen molar-refractivity contribution in [3.63, 3.8) is 0 Å². The lowest BCUT2D eigenvalue weighted by molar-refractivity contribution is -0.138. The van der Waals surface area contributed by atoms with Gasteiger partial charge in [-0.2, -0.15) is 13.2 Å². The molecule has 0 bridgehead atoms. The quantitative estimate of drug-likeness (QED) is 0.756. The number of halogens is 3. The van der Waals surface area contributed by atoms with Gasteiger partial charge in [0.05, 0.1) is 5.56 Å². The fourth-order valence-electron chi connectivity index (χ4n) is 2.07. The minimum atomic E-state index is -4.58. The third-order valence-electron chi connectivity index (χ3n) is 3.33. The lowest BCUT2D eigenvalue weighted by atomic mass is 10.2. The number of nitrogens with one attached hydrogen (secondary N) is 1. The SMILES string of the molecule is CCCCCc1nnc(NC(=O)Cn2cc(C(F)(F)F)ccc2=O)s1. The Hall–Kier alpha value is -2.23. The molecule has 0 radical (unpaired) electrons. The Bertz CT molecular complexity index is 786. The molecular weight excluding hydrogens is 357 g/mol. The summed E-state index contributed by atoms with van der Waals surface area (Å²) in [4.78, 5) is 23.6. The molecule has 0 aliphatic heterocycles. The van der Waals surface area contributed by atoms with Crippen LogP contribution in [0.15, 0.2) is 23.1 Å². The standard InChI is InChI=1S/C15H17F3N4O2S/c1-2-3-4-5-12-20-21-14(25-12)19-11(23)9-22-8-10(15(16,17)18)6-7-13(22)24/h6-8H,2-5,9H2,1H3,(H,19,21,23). The summed E-state index contributed by atoms with van der Waals surface area (Å²) in [6, 6.07) is 1.47. The van der Waals surface area contributed by atoms with E-state index in [2.05, 4.69) is 22.4 Å². The Morgan fingerprint density at radius 1 is 1.28 bits per heavy atom. The summed E-state index contributed by atoms with van der Waals surface area (Å²) in [6.45, 7) is 1.55. The number of carbonyl (C=O) groups excluding carboxylic acids is 1. The smallest absolute Gasteiger partial charge is 0.305 e. The number of alkyl halides is 3. The Kier molecular flexibility index (Phi) is 6.29. The molecule has 2 aromatic rings. The molecule has 10 heteroatoms. The van der Waals surface area contributed by atoms with Gasteiger partial charge in [0.25, 0.3) is 5.56 Å². The van der Waals surface area contributed by atoms with Gasteiger partial charge in [0.15, 0.2) is 0 Å². The van der Waals surface area contributed by atoms with Gasteiger partial charge in [0.1, 0.15) is 11.6 Å². The Balaban J connectivity index is 2.00. The van der Waals surface area contributed by atoms with Crippen molar-refractivity contribution in [2.75, 3.05) is 5.32 Å². The van der Waals surface area contributed by atoms with Gasteiger partial charge in [-0.3, -0.25) is 14.9 Å². The van der Waals surface area contributed by atoms with Crippen molar-refractivity contribution in [1.82, 2.24) is 14.8 Å². The van der Waals surface area contributed by atoms with Crippen LogP contribution in [-0.4, -0.2) is 20.7 Å². The average Bonchev–Trinajstić information content (AvgIpc) is 2.96. The van der Waals surface area contributed by atoms with E-state index in [-0.39, 0.29) is 5.13 Å². The number of carbonyl (C=O) groups is 1. The van der Waals surface area contributed by atoms with Gasteiger partial charge in [-0.25, -0.2) is 0 Å². The first kappa shape index (κ1) is 19.1. The monoisotopic (exact) mass is 374 g/mol. The molecule has 0 aromatic carbocycles. The summed E-state index contributed by atoms with van der Waals surface area (Å²) in [5.74, 6) is -0.641. The number of amides is 1. The fourth-order valence-corrected chi connectivity index (χ4v) is 2.87. The van der Waals surface area contributed by atoms with E-state index in [1.807, 2.05) is 0 Å². The van der Waals surface area contributed by atoms with Gasteiger partial charge in [-0.15, -0.1) is 10.2 Å². The molecule has 136 valence electrons. The highest BCUT2D eigenvalue weighted by Gasteiger charge is 2.31. The van der Waals surface area contributed by atoms with E-state index in [0.29, 0.717) is 16.8 Å². The summed E-state index contributed by atoms with van der Waals surface area (Å²) in [5.41, 5.74) is -1.69. The topological polar surface area (TPSA) is 76.9 Å². The zero-order valence-electron chi connectivity index (χ0n) is 13.5. The predicted octanol–water partition coefficient (Wildman–Crippen LogP) is 3.09. The van der Waals surface area contributed by atoms with Crippen LogP contribution in [0.5, 0.6) is 0 Å². The number of rotatable bonds is 7. The fraction of sp³-hybridized carbons (Fsp3) is 0.467. The van der Waals surface area contributed by atoms with Crippen LogP contribution in [-0.2, 0) is 23.9 Å². The predicted molar refractivity (Wildman–Crippen MR) is 87.5 cm³/mol. The minimum Gasteiger partial charge on any atom is -0.305 e. The first-order valence-corrected chi connectivity index (χ1v) is 8.51. The number of anilines is 1. The highest BCUT2D eigenvalue weighted by molar-refractivity contribution is 7.15. The number of nitrogens with zero attached hydrogens (tertiary/aromatic N) is 3. The van der Waals surface area contributed by atoms with E-state index in [9.17, 15) is 22.8 Å². The molecular formula is C15H17F3N4O2S. The van der Waals surface area contributed by atoms with Crippen molar-refractivity contribution in [1.29, 1.82) is 0 Å². The molecule has 0 unspecified atom stereocenters. The van der Waals surface area contributed by atoms with Crippen LogP contribution < -0.4 is 10.9 Å². The van der Waals surface area contributed by atoms with Gasteiger partial charge < -0.3 is 4.57 Å². The van der Waals surface area contributed by atoms with Crippen molar-refractivity contribution < 1.29 is 18.0 Å². The maximum absolute atomic E-state index is 12.7. The lowest BCUT2D eigenvalue weighted by Crippen LogP contribution is -2.28. The first-order chi connectivity index (χ1) is 11.8. The summed E-state index contributed by atoms with van der Waals surface area (Å²) < 4.78 is 38.8. The second-order valence-corrected chi connectivity index (χ2v) is 6.45. The number of aromatic nitrogens is 3. The van der Waals surface area contributed by atoms with Crippen LogP contribution >= 0.6 is 11.3 Å².